The highest BCUT2D eigenvalue weighted by Crippen LogP contribution is 2.24. The molecule has 0 bridgehead atoms. The van der Waals surface area contributed by atoms with Crippen molar-refractivity contribution in [3.63, 3.8) is 0 Å². The molecule has 0 atom stereocenters. The van der Waals surface area contributed by atoms with Crippen molar-refractivity contribution >= 4 is 44.4 Å². The van der Waals surface area contributed by atoms with Crippen LogP contribution in [0, 0.1) is 10.1 Å². The van der Waals surface area contributed by atoms with Crippen LogP contribution in [0.25, 0.3) is 10.9 Å². The Morgan fingerprint density at radius 3 is 2.93 bits per heavy atom. The number of hydrogen-bond donors (Lipinski definition) is 2. The van der Waals surface area contributed by atoms with Gasteiger partial charge in [0, 0.05) is 33.7 Å². The Hall–Kier alpha value is -3.53. The number of anilines is 1. The topological polar surface area (TPSA) is 119 Å². The van der Waals surface area contributed by atoms with Crippen LogP contribution in [-0.2, 0) is 6.54 Å². The highest BCUT2D eigenvalue weighted by molar-refractivity contribution is 9.10. The van der Waals surface area contributed by atoms with E-state index in [0.29, 0.717) is 17.4 Å². The Labute approximate surface area is 166 Å². The molecule has 2 aromatic carbocycles. The third-order valence-electron chi connectivity index (χ3n) is 4.12. The van der Waals surface area contributed by atoms with Gasteiger partial charge in [0.15, 0.2) is 0 Å². The smallest absolute Gasteiger partial charge is 0.270 e. The number of non-ortho nitro benzene ring substituents is 1. The van der Waals surface area contributed by atoms with E-state index < -0.39 is 10.8 Å². The van der Waals surface area contributed by atoms with Gasteiger partial charge in [0.2, 0.25) is 5.95 Å². The second-order valence-electron chi connectivity index (χ2n) is 6.04. The standard InChI is InChI=1S/C18H13BrN6O3/c19-12-3-1-2-11(6-12)9-24-10-21-18(23-24)22-17(26)15-8-20-16-5-4-13(25(27)28)7-14(15)16/h1-8,10,20H,9H2,(H,22,23,26). The van der Waals surface area contributed by atoms with Crippen molar-refractivity contribution in [2.24, 2.45) is 0 Å². The summed E-state index contributed by atoms with van der Waals surface area (Å²) >= 11 is 3.42. The molecular formula is C18H13BrN6O3. The molecule has 0 saturated heterocycles. The van der Waals surface area contributed by atoms with Gasteiger partial charge in [0.1, 0.15) is 6.33 Å². The van der Waals surface area contributed by atoms with Gasteiger partial charge in [-0.2, -0.15) is 0 Å². The van der Waals surface area contributed by atoms with Crippen molar-refractivity contribution in [2.45, 2.75) is 6.54 Å². The maximum Gasteiger partial charge on any atom is 0.270 e. The summed E-state index contributed by atoms with van der Waals surface area (Å²) in [7, 11) is 0. The highest BCUT2D eigenvalue weighted by atomic mass is 79.9. The first-order chi connectivity index (χ1) is 13.5. The molecule has 1 amide bonds. The van der Waals surface area contributed by atoms with Gasteiger partial charge in [-0.25, -0.2) is 9.67 Å². The second kappa shape index (κ2) is 7.24. The molecule has 28 heavy (non-hydrogen) atoms. The van der Waals surface area contributed by atoms with E-state index in [1.54, 1.807) is 10.7 Å². The third kappa shape index (κ3) is 3.62. The number of benzene rings is 2. The fourth-order valence-corrected chi connectivity index (χ4v) is 3.28. The van der Waals surface area contributed by atoms with Gasteiger partial charge in [0.05, 0.1) is 17.0 Å². The van der Waals surface area contributed by atoms with Gasteiger partial charge in [-0.1, -0.05) is 28.1 Å². The Morgan fingerprint density at radius 2 is 2.14 bits per heavy atom. The van der Waals surface area contributed by atoms with Crippen LogP contribution in [-0.4, -0.2) is 30.6 Å². The minimum Gasteiger partial charge on any atom is -0.360 e. The molecular weight excluding hydrogens is 428 g/mol. The molecule has 2 heterocycles. The lowest BCUT2D eigenvalue weighted by Crippen LogP contribution is -2.13. The molecule has 2 N–H and O–H groups in total. The molecule has 0 aliphatic heterocycles. The van der Waals surface area contributed by atoms with Crippen molar-refractivity contribution in [3.8, 4) is 0 Å². The number of carbonyl (C=O) groups is 1. The summed E-state index contributed by atoms with van der Waals surface area (Å²) in [6, 6.07) is 12.1. The van der Waals surface area contributed by atoms with Crippen LogP contribution in [0.15, 0.2) is 59.5 Å². The van der Waals surface area contributed by atoms with Gasteiger partial charge >= 0.3 is 0 Å². The maximum atomic E-state index is 12.6. The summed E-state index contributed by atoms with van der Waals surface area (Å²) in [6.45, 7) is 0.502. The van der Waals surface area contributed by atoms with Gasteiger partial charge in [-0.3, -0.25) is 20.2 Å². The molecule has 0 fully saturated rings. The minimum atomic E-state index is -0.501. The van der Waals surface area contributed by atoms with Crippen molar-refractivity contribution in [1.29, 1.82) is 0 Å². The van der Waals surface area contributed by atoms with Crippen LogP contribution in [0.2, 0.25) is 0 Å². The fourth-order valence-electron chi connectivity index (χ4n) is 2.83. The summed E-state index contributed by atoms with van der Waals surface area (Å²) in [5.41, 5.74) is 1.85. The first kappa shape index (κ1) is 17.9. The summed E-state index contributed by atoms with van der Waals surface area (Å²) in [5.74, 6) is -0.299. The average Bonchev–Trinajstić information content (AvgIpc) is 3.27. The van der Waals surface area contributed by atoms with E-state index in [0.717, 1.165) is 10.0 Å². The molecule has 0 aliphatic rings. The lowest BCUT2D eigenvalue weighted by atomic mass is 10.1. The number of rotatable bonds is 5. The zero-order valence-electron chi connectivity index (χ0n) is 14.3. The SMILES string of the molecule is O=C(Nc1ncn(Cc2cccc(Br)c2)n1)c1c[nH]c2ccc([N+](=O)[O-])cc12. The quantitative estimate of drug-likeness (QED) is 0.361. The monoisotopic (exact) mass is 440 g/mol. The highest BCUT2D eigenvalue weighted by Gasteiger charge is 2.17. The average molecular weight is 441 g/mol. The van der Waals surface area contributed by atoms with Crippen molar-refractivity contribution in [3.05, 3.63) is 80.7 Å². The van der Waals surface area contributed by atoms with E-state index in [-0.39, 0.29) is 17.2 Å². The molecule has 0 aliphatic carbocycles. The number of nitrogens with zero attached hydrogens (tertiary/aromatic N) is 4. The number of hydrogen-bond acceptors (Lipinski definition) is 5. The fraction of sp³-hybridized carbons (Fsp3) is 0.0556. The van der Waals surface area contributed by atoms with Gasteiger partial charge in [0.25, 0.3) is 11.6 Å². The number of amides is 1. The molecule has 4 aromatic rings. The van der Waals surface area contributed by atoms with Crippen LogP contribution in [0.4, 0.5) is 11.6 Å². The number of halogens is 1. The first-order valence-electron chi connectivity index (χ1n) is 8.20. The summed E-state index contributed by atoms with van der Waals surface area (Å²) in [5, 5.41) is 18.3. The van der Waals surface area contributed by atoms with E-state index in [1.807, 2.05) is 24.3 Å². The number of aromatic amines is 1. The van der Waals surface area contributed by atoms with Crippen LogP contribution >= 0.6 is 15.9 Å². The largest absolute Gasteiger partial charge is 0.360 e. The van der Waals surface area contributed by atoms with Crippen molar-refractivity contribution in [1.82, 2.24) is 19.7 Å². The van der Waals surface area contributed by atoms with Crippen molar-refractivity contribution in [2.75, 3.05) is 5.32 Å². The zero-order chi connectivity index (χ0) is 19.7. The van der Waals surface area contributed by atoms with E-state index in [2.05, 4.69) is 36.3 Å². The molecule has 4 rings (SSSR count). The van der Waals surface area contributed by atoms with Crippen LogP contribution < -0.4 is 5.32 Å². The molecule has 10 heteroatoms. The Bertz CT molecular complexity index is 1200. The number of nitro benzene ring substituents is 1. The number of fused-ring (bicyclic) bond motifs is 1. The van der Waals surface area contributed by atoms with E-state index in [9.17, 15) is 14.9 Å². The molecule has 0 unspecified atom stereocenters. The van der Waals surface area contributed by atoms with E-state index in [1.165, 1.54) is 24.7 Å². The lowest BCUT2D eigenvalue weighted by Gasteiger charge is -2.02. The molecule has 0 saturated carbocycles. The zero-order valence-corrected chi connectivity index (χ0v) is 15.9. The Morgan fingerprint density at radius 1 is 1.29 bits per heavy atom. The van der Waals surface area contributed by atoms with Crippen LogP contribution in [0.3, 0.4) is 0 Å². The summed E-state index contributed by atoms with van der Waals surface area (Å²) < 4.78 is 2.57. The van der Waals surface area contributed by atoms with E-state index >= 15 is 0 Å². The minimum absolute atomic E-state index is 0.0856. The second-order valence-corrected chi connectivity index (χ2v) is 6.95. The third-order valence-corrected chi connectivity index (χ3v) is 4.61. The normalized spacial score (nSPS) is 10.9. The molecule has 9 nitrogen and oxygen atoms in total. The predicted octanol–water partition coefficient (Wildman–Crippen LogP) is 3.73. The predicted molar refractivity (Wildman–Crippen MR) is 106 cm³/mol. The lowest BCUT2D eigenvalue weighted by molar-refractivity contribution is -0.384. The summed E-state index contributed by atoms with van der Waals surface area (Å²) in [4.78, 5) is 30.1. The molecule has 0 spiro atoms. The van der Waals surface area contributed by atoms with Gasteiger partial charge in [-0.15, -0.1) is 5.10 Å². The Balaban J connectivity index is 1.53. The number of nitrogens with one attached hydrogen (secondary N) is 2. The molecule has 140 valence electrons. The number of aromatic nitrogens is 4. The van der Waals surface area contributed by atoms with E-state index in [4.69, 9.17) is 0 Å². The van der Waals surface area contributed by atoms with Gasteiger partial charge in [-0.05, 0) is 23.8 Å². The number of H-pyrrole nitrogens is 1. The summed E-state index contributed by atoms with van der Waals surface area (Å²) in [6.07, 6.45) is 3.03. The van der Waals surface area contributed by atoms with Crippen molar-refractivity contribution < 1.29 is 9.72 Å². The van der Waals surface area contributed by atoms with Crippen LogP contribution in [0.5, 0.6) is 0 Å². The molecule has 0 radical (unpaired) electrons. The number of nitro groups is 1. The number of carbonyl (C=O) groups excluding carboxylic acids is 1. The maximum absolute atomic E-state index is 12.6. The molecule has 2 aromatic heterocycles. The van der Waals surface area contributed by atoms with Crippen LogP contribution in [0.1, 0.15) is 15.9 Å². The Kier molecular flexibility index (Phi) is 4.62. The first-order valence-corrected chi connectivity index (χ1v) is 9.00. The van der Waals surface area contributed by atoms with Gasteiger partial charge < -0.3 is 4.98 Å².